The van der Waals surface area contributed by atoms with Gasteiger partial charge in [0.25, 0.3) is 0 Å². The number of rotatable bonds is 6. The van der Waals surface area contributed by atoms with Crippen molar-refractivity contribution in [1.29, 1.82) is 0 Å². The smallest absolute Gasteiger partial charge is 0.240 e. The molecule has 2 N–H and O–H groups in total. The minimum absolute atomic E-state index is 0.146. The Morgan fingerprint density at radius 1 is 1.29 bits per heavy atom. The molecule has 0 amide bonds. The number of sulfonamides is 1. The van der Waals surface area contributed by atoms with Gasteiger partial charge in [0.15, 0.2) is 0 Å². The third-order valence-corrected chi connectivity index (χ3v) is 7.11. The zero-order valence-corrected chi connectivity index (χ0v) is 13.9. The minimum atomic E-state index is -3.34. The molecule has 3 rings (SSSR count). The molecular formula is C15H22N2O2S2. The molecule has 1 aromatic carbocycles. The highest BCUT2D eigenvalue weighted by atomic mass is 32.2. The second-order valence-corrected chi connectivity index (χ2v) is 9.57. The predicted molar refractivity (Wildman–Crippen MR) is 88.4 cm³/mol. The van der Waals surface area contributed by atoms with Crippen LogP contribution in [0.1, 0.15) is 32.6 Å². The van der Waals surface area contributed by atoms with Crippen molar-refractivity contribution < 1.29 is 8.42 Å². The topological polar surface area (TPSA) is 58.2 Å². The van der Waals surface area contributed by atoms with Gasteiger partial charge in [-0.05, 0) is 62.6 Å². The van der Waals surface area contributed by atoms with E-state index in [1.807, 2.05) is 23.9 Å². The maximum Gasteiger partial charge on any atom is 0.240 e. The zero-order chi connectivity index (χ0) is 14.9. The zero-order valence-electron chi connectivity index (χ0n) is 12.3. The van der Waals surface area contributed by atoms with E-state index >= 15 is 0 Å². The van der Waals surface area contributed by atoms with E-state index in [0.29, 0.717) is 9.64 Å². The van der Waals surface area contributed by atoms with Crippen molar-refractivity contribution in [1.82, 2.24) is 4.72 Å². The van der Waals surface area contributed by atoms with Crippen molar-refractivity contribution in [3.63, 3.8) is 0 Å². The lowest BCUT2D eigenvalue weighted by molar-refractivity contribution is 0.581. The Hall–Kier alpha value is -0.720. The van der Waals surface area contributed by atoms with E-state index in [9.17, 15) is 8.42 Å². The fraction of sp³-hybridized carbons (Fsp3) is 0.600. The van der Waals surface area contributed by atoms with Crippen molar-refractivity contribution in [2.24, 2.45) is 0 Å². The standard InChI is InChI=1S/C15H22N2O2S2/c1-15(9-2-10-20-15)11-16-12-5-7-14(8-6-12)21(18,19)17-13-3-4-13/h5-8,13,16-17H,2-4,9-11H2,1H3. The van der Waals surface area contributed by atoms with Gasteiger partial charge in [-0.2, -0.15) is 11.8 Å². The monoisotopic (exact) mass is 326 g/mol. The maximum absolute atomic E-state index is 12.1. The third-order valence-electron chi connectivity index (χ3n) is 4.03. The number of thioether (sulfide) groups is 1. The fourth-order valence-electron chi connectivity index (χ4n) is 2.51. The van der Waals surface area contributed by atoms with E-state index in [1.165, 1.54) is 18.6 Å². The molecule has 1 heterocycles. The van der Waals surface area contributed by atoms with Crippen LogP contribution in [0, 0.1) is 0 Å². The van der Waals surface area contributed by atoms with Gasteiger partial charge in [-0.25, -0.2) is 13.1 Å². The Bertz CT molecular complexity index is 589. The molecule has 1 aliphatic carbocycles. The van der Waals surface area contributed by atoms with Crippen LogP contribution in [0.15, 0.2) is 29.2 Å². The molecule has 1 aliphatic heterocycles. The molecule has 1 unspecified atom stereocenters. The molecule has 6 heteroatoms. The summed E-state index contributed by atoms with van der Waals surface area (Å²) in [5, 5.41) is 3.42. The second kappa shape index (κ2) is 5.82. The summed E-state index contributed by atoms with van der Waals surface area (Å²) in [6, 6.07) is 7.20. The summed E-state index contributed by atoms with van der Waals surface area (Å²) in [4.78, 5) is 0.349. The Labute approximate surface area is 131 Å². The van der Waals surface area contributed by atoms with Crippen LogP contribution in [-0.4, -0.2) is 31.5 Å². The molecule has 116 valence electrons. The van der Waals surface area contributed by atoms with Crippen LogP contribution in [0.3, 0.4) is 0 Å². The highest BCUT2D eigenvalue weighted by Crippen LogP contribution is 2.37. The lowest BCUT2D eigenvalue weighted by Crippen LogP contribution is -2.27. The van der Waals surface area contributed by atoms with E-state index in [4.69, 9.17) is 0 Å². The lowest BCUT2D eigenvalue weighted by atomic mass is 10.1. The molecule has 2 fully saturated rings. The Balaban J connectivity index is 1.61. The normalized spacial score (nSPS) is 26.0. The van der Waals surface area contributed by atoms with E-state index in [0.717, 1.165) is 25.1 Å². The van der Waals surface area contributed by atoms with Crippen LogP contribution in [0.25, 0.3) is 0 Å². The van der Waals surface area contributed by atoms with Gasteiger partial charge in [-0.3, -0.25) is 0 Å². The van der Waals surface area contributed by atoms with Crippen LogP contribution in [0.5, 0.6) is 0 Å². The largest absolute Gasteiger partial charge is 0.384 e. The van der Waals surface area contributed by atoms with Crippen molar-refractivity contribution >= 4 is 27.5 Å². The molecule has 0 aromatic heterocycles. The highest BCUT2D eigenvalue weighted by Gasteiger charge is 2.29. The number of anilines is 1. The van der Waals surface area contributed by atoms with Crippen LogP contribution in [0.4, 0.5) is 5.69 Å². The average molecular weight is 326 g/mol. The van der Waals surface area contributed by atoms with Crippen molar-refractivity contribution in [3.8, 4) is 0 Å². The SMILES string of the molecule is CC1(CNc2ccc(S(=O)(=O)NC3CC3)cc2)CCCS1. The van der Waals surface area contributed by atoms with Gasteiger partial charge in [0.1, 0.15) is 0 Å². The minimum Gasteiger partial charge on any atom is -0.384 e. The van der Waals surface area contributed by atoms with Crippen molar-refractivity contribution in [2.75, 3.05) is 17.6 Å². The number of benzene rings is 1. The Morgan fingerprint density at radius 3 is 2.57 bits per heavy atom. The molecule has 0 spiro atoms. The van der Waals surface area contributed by atoms with Gasteiger partial charge >= 0.3 is 0 Å². The quantitative estimate of drug-likeness (QED) is 0.844. The molecule has 1 saturated carbocycles. The maximum atomic E-state index is 12.1. The van der Waals surface area contributed by atoms with Gasteiger partial charge in [0.05, 0.1) is 4.90 Å². The van der Waals surface area contributed by atoms with Gasteiger partial charge in [0, 0.05) is 23.0 Å². The van der Waals surface area contributed by atoms with Gasteiger partial charge in [0.2, 0.25) is 10.0 Å². The predicted octanol–water partition coefficient (Wildman–Crippen LogP) is 2.82. The molecular weight excluding hydrogens is 304 g/mol. The van der Waals surface area contributed by atoms with Crippen LogP contribution in [-0.2, 0) is 10.0 Å². The molecule has 0 radical (unpaired) electrons. The number of hydrogen-bond acceptors (Lipinski definition) is 4. The molecule has 0 bridgehead atoms. The summed E-state index contributed by atoms with van der Waals surface area (Å²) in [6.45, 7) is 3.21. The van der Waals surface area contributed by atoms with Crippen LogP contribution < -0.4 is 10.0 Å². The Kier molecular flexibility index (Phi) is 4.21. The molecule has 21 heavy (non-hydrogen) atoms. The number of hydrogen-bond donors (Lipinski definition) is 2. The molecule has 1 aromatic rings. The first-order valence-corrected chi connectivity index (χ1v) is 9.94. The second-order valence-electron chi connectivity index (χ2n) is 6.18. The van der Waals surface area contributed by atoms with Gasteiger partial charge < -0.3 is 5.32 Å². The van der Waals surface area contributed by atoms with E-state index in [1.54, 1.807) is 12.1 Å². The molecule has 1 saturated heterocycles. The van der Waals surface area contributed by atoms with E-state index in [2.05, 4.69) is 17.0 Å². The summed E-state index contributed by atoms with van der Waals surface area (Å²) < 4.78 is 27.2. The summed E-state index contributed by atoms with van der Waals surface area (Å²) in [5.41, 5.74) is 0.981. The first-order valence-electron chi connectivity index (χ1n) is 7.47. The summed E-state index contributed by atoms with van der Waals surface area (Å²) in [5.74, 6) is 1.24. The van der Waals surface area contributed by atoms with Crippen LogP contribution in [0.2, 0.25) is 0 Å². The molecule has 2 aliphatic rings. The van der Waals surface area contributed by atoms with Crippen molar-refractivity contribution in [2.45, 2.75) is 48.3 Å². The summed E-state index contributed by atoms with van der Waals surface area (Å²) in [6.07, 6.45) is 4.43. The Morgan fingerprint density at radius 2 is 2.00 bits per heavy atom. The van der Waals surface area contributed by atoms with E-state index in [-0.39, 0.29) is 6.04 Å². The first-order chi connectivity index (χ1) is 9.97. The van der Waals surface area contributed by atoms with Crippen molar-refractivity contribution in [3.05, 3.63) is 24.3 Å². The van der Waals surface area contributed by atoms with Gasteiger partial charge in [-0.1, -0.05) is 0 Å². The van der Waals surface area contributed by atoms with Gasteiger partial charge in [-0.15, -0.1) is 0 Å². The average Bonchev–Trinajstić information content (AvgIpc) is 3.15. The first kappa shape index (κ1) is 15.2. The highest BCUT2D eigenvalue weighted by molar-refractivity contribution is 8.00. The lowest BCUT2D eigenvalue weighted by Gasteiger charge is -2.23. The number of nitrogens with one attached hydrogen (secondary N) is 2. The molecule has 4 nitrogen and oxygen atoms in total. The van der Waals surface area contributed by atoms with Crippen LogP contribution >= 0.6 is 11.8 Å². The fourth-order valence-corrected chi connectivity index (χ4v) is 5.06. The third kappa shape index (κ3) is 3.93. The van der Waals surface area contributed by atoms with E-state index < -0.39 is 10.0 Å². The molecule has 1 atom stereocenters. The summed E-state index contributed by atoms with van der Waals surface area (Å²) in [7, 11) is -3.34. The summed E-state index contributed by atoms with van der Waals surface area (Å²) >= 11 is 2.02.